The van der Waals surface area contributed by atoms with Gasteiger partial charge in [-0.3, -0.25) is 0 Å². The topological polar surface area (TPSA) is 38.2 Å². The molecular weight excluding hydrogens is 410 g/mol. The van der Waals surface area contributed by atoms with Gasteiger partial charge in [-0.25, -0.2) is 9.97 Å². The molecule has 0 unspecified atom stereocenters. The maximum atomic E-state index is 6.14. The second-order valence-corrected chi connectivity index (χ2v) is 8.68. The highest BCUT2D eigenvalue weighted by atomic mass is 32.1. The van der Waals surface area contributed by atoms with Gasteiger partial charge < -0.3 is 9.64 Å². The summed E-state index contributed by atoms with van der Waals surface area (Å²) >= 11 is 7.30. The summed E-state index contributed by atoms with van der Waals surface area (Å²) in [5.41, 5.74) is 2.71. The van der Waals surface area contributed by atoms with Crippen LogP contribution in [0, 0.1) is 0 Å². The summed E-state index contributed by atoms with van der Waals surface area (Å²) in [7, 11) is 0. The minimum Gasteiger partial charge on any atom is -0.484 e. The fraction of sp³-hybridized carbons (Fsp3) is 0.292. The van der Waals surface area contributed by atoms with Gasteiger partial charge in [0.25, 0.3) is 0 Å². The monoisotopic (exact) mass is 435 g/mol. The highest BCUT2D eigenvalue weighted by Gasteiger charge is 2.13. The first-order valence-electron chi connectivity index (χ1n) is 10.4. The molecule has 0 N–H and O–H groups in total. The highest BCUT2D eigenvalue weighted by molar-refractivity contribution is 7.80. The van der Waals surface area contributed by atoms with Crippen LogP contribution in [-0.4, -0.2) is 39.6 Å². The molecule has 6 heteroatoms. The van der Waals surface area contributed by atoms with Gasteiger partial charge in [0.1, 0.15) is 27.9 Å². The maximum absolute atomic E-state index is 6.14. The Morgan fingerprint density at radius 3 is 2.53 bits per heavy atom. The molecule has 0 amide bonds. The Morgan fingerprint density at radius 2 is 1.77 bits per heavy atom. The lowest BCUT2D eigenvalue weighted by atomic mass is 10.2. The number of thiocarbonyl (C=S) groups is 1. The van der Waals surface area contributed by atoms with Crippen LogP contribution in [0.4, 0.5) is 0 Å². The van der Waals surface area contributed by atoms with Gasteiger partial charge in [-0.05, 0) is 37.1 Å². The number of fused-ring (bicyclic) bond motifs is 2. The zero-order chi connectivity index (χ0) is 20.9. The minimum absolute atomic E-state index is 0.390. The van der Waals surface area contributed by atoms with Crippen molar-refractivity contribution < 1.29 is 4.74 Å². The van der Waals surface area contributed by atoms with E-state index in [1.165, 1.54) is 0 Å². The number of thiazole rings is 1. The van der Waals surface area contributed by atoms with Crippen LogP contribution >= 0.6 is 23.6 Å². The van der Waals surface area contributed by atoms with Gasteiger partial charge in [-0.2, -0.15) is 0 Å². The molecule has 154 valence electrons. The summed E-state index contributed by atoms with van der Waals surface area (Å²) in [6, 6.07) is 18.3. The molecule has 30 heavy (non-hydrogen) atoms. The molecule has 0 aliphatic carbocycles. The van der Waals surface area contributed by atoms with E-state index >= 15 is 0 Å². The van der Waals surface area contributed by atoms with Crippen molar-refractivity contribution in [2.75, 3.05) is 19.7 Å². The fourth-order valence-electron chi connectivity index (χ4n) is 3.47. The second-order valence-electron chi connectivity index (χ2n) is 7.18. The average molecular weight is 436 g/mol. The first-order chi connectivity index (χ1) is 14.7. The molecule has 4 rings (SSSR count). The van der Waals surface area contributed by atoms with E-state index in [4.69, 9.17) is 26.9 Å². The second kappa shape index (κ2) is 9.49. The standard InChI is InChI=1S/C24H25N3OS2/c1-3-14-27(15-4-2)22(29)16-28-20-10-7-8-17-12-13-19(25-23(17)20)24-26-18-9-5-6-11-21(18)30-24/h5-13H,3-4,14-16H2,1-2H3. The lowest BCUT2D eigenvalue weighted by molar-refractivity contribution is 0.341. The molecule has 4 nitrogen and oxygen atoms in total. The van der Waals surface area contributed by atoms with Gasteiger partial charge in [0.15, 0.2) is 0 Å². The molecule has 0 aliphatic rings. The van der Waals surface area contributed by atoms with E-state index < -0.39 is 0 Å². The summed E-state index contributed by atoms with van der Waals surface area (Å²) in [6.45, 7) is 6.66. The normalized spacial score (nSPS) is 11.1. The van der Waals surface area contributed by atoms with Gasteiger partial charge >= 0.3 is 0 Å². The average Bonchev–Trinajstić information content (AvgIpc) is 3.21. The third-order valence-corrected chi connectivity index (χ3v) is 6.32. The van der Waals surface area contributed by atoms with E-state index in [0.29, 0.717) is 6.61 Å². The van der Waals surface area contributed by atoms with Gasteiger partial charge in [-0.1, -0.05) is 56.4 Å². The number of nitrogens with zero attached hydrogens (tertiary/aromatic N) is 3. The largest absolute Gasteiger partial charge is 0.484 e. The lowest BCUT2D eigenvalue weighted by Crippen LogP contribution is -2.34. The van der Waals surface area contributed by atoms with Crippen LogP contribution in [0.2, 0.25) is 0 Å². The van der Waals surface area contributed by atoms with Crippen molar-refractivity contribution in [2.45, 2.75) is 26.7 Å². The number of pyridine rings is 1. The van der Waals surface area contributed by atoms with Crippen molar-refractivity contribution in [3.63, 3.8) is 0 Å². The Hall–Kier alpha value is -2.57. The number of hydrogen-bond donors (Lipinski definition) is 0. The van der Waals surface area contributed by atoms with Crippen molar-refractivity contribution in [1.82, 2.24) is 14.9 Å². The van der Waals surface area contributed by atoms with Gasteiger partial charge in [0, 0.05) is 18.5 Å². The zero-order valence-corrected chi connectivity index (χ0v) is 18.9. The predicted octanol–water partition coefficient (Wildman–Crippen LogP) is 6.34. The predicted molar refractivity (Wildman–Crippen MR) is 131 cm³/mol. The molecule has 0 fully saturated rings. The Morgan fingerprint density at radius 1 is 0.967 bits per heavy atom. The van der Waals surface area contributed by atoms with Gasteiger partial charge in [0.05, 0.1) is 15.9 Å². The molecule has 0 spiro atoms. The first-order valence-corrected chi connectivity index (χ1v) is 11.6. The number of hydrogen-bond acceptors (Lipinski definition) is 5. The van der Waals surface area contributed by atoms with Crippen molar-refractivity contribution in [1.29, 1.82) is 0 Å². The Kier molecular flexibility index (Phi) is 6.55. The van der Waals surface area contributed by atoms with Crippen molar-refractivity contribution >= 4 is 49.7 Å². The molecule has 4 aromatic rings. The molecule has 2 aromatic carbocycles. The summed E-state index contributed by atoms with van der Waals surface area (Å²) in [6.07, 6.45) is 2.14. The van der Waals surface area contributed by atoms with Crippen LogP contribution in [0.25, 0.3) is 31.8 Å². The maximum Gasteiger partial charge on any atom is 0.146 e. The van der Waals surface area contributed by atoms with Gasteiger partial charge in [-0.15, -0.1) is 11.3 Å². The van der Waals surface area contributed by atoms with Crippen LogP contribution in [0.15, 0.2) is 54.6 Å². The zero-order valence-electron chi connectivity index (χ0n) is 17.3. The van der Waals surface area contributed by atoms with E-state index in [1.807, 2.05) is 36.4 Å². The number of benzene rings is 2. The van der Waals surface area contributed by atoms with Crippen molar-refractivity contribution in [2.24, 2.45) is 0 Å². The highest BCUT2D eigenvalue weighted by Crippen LogP contribution is 2.32. The van der Waals surface area contributed by atoms with E-state index in [9.17, 15) is 0 Å². The van der Waals surface area contributed by atoms with Crippen LogP contribution in [0.5, 0.6) is 5.75 Å². The molecule has 0 saturated heterocycles. The van der Waals surface area contributed by atoms with Gasteiger partial charge in [0.2, 0.25) is 0 Å². The Balaban J connectivity index is 1.61. The van der Waals surface area contributed by atoms with E-state index in [1.54, 1.807) is 11.3 Å². The van der Waals surface area contributed by atoms with E-state index in [0.717, 1.165) is 68.5 Å². The van der Waals surface area contributed by atoms with Crippen molar-refractivity contribution in [3.8, 4) is 16.5 Å². The summed E-state index contributed by atoms with van der Waals surface area (Å²) in [5, 5.41) is 1.96. The van der Waals surface area contributed by atoms with Crippen LogP contribution in [0.3, 0.4) is 0 Å². The Labute approximate surface area is 186 Å². The number of ether oxygens (including phenoxy) is 1. The number of para-hydroxylation sites is 2. The van der Waals surface area contributed by atoms with E-state index in [-0.39, 0.29) is 0 Å². The van der Waals surface area contributed by atoms with E-state index in [2.05, 4.69) is 36.9 Å². The molecule has 0 saturated carbocycles. The minimum atomic E-state index is 0.390. The van der Waals surface area contributed by atoms with Crippen LogP contribution in [-0.2, 0) is 0 Å². The molecule has 0 radical (unpaired) electrons. The summed E-state index contributed by atoms with van der Waals surface area (Å²) in [5.74, 6) is 0.755. The molecule has 0 aliphatic heterocycles. The summed E-state index contributed by atoms with van der Waals surface area (Å²) < 4.78 is 7.31. The molecule has 2 heterocycles. The third kappa shape index (κ3) is 4.45. The smallest absolute Gasteiger partial charge is 0.146 e. The first kappa shape index (κ1) is 20.7. The lowest BCUT2D eigenvalue weighted by Gasteiger charge is -2.24. The van der Waals surface area contributed by atoms with Crippen LogP contribution < -0.4 is 4.74 Å². The molecular formula is C24H25N3OS2. The summed E-state index contributed by atoms with van der Waals surface area (Å²) in [4.78, 5) is 12.7. The van der Waals surface area contributed by atoms with Crippen LogP contribution in [0.1, 0.15) is 26.7 Å². The molecule has 2 aromatic heterocycles. The number of aromatic nitrogens is 2. The Bertz CT molecular complexity index is 1130. The SMILES string of the molecule is CCCN(CCC)C(=S)COc1cccc2ccc(-c3nc4ccccc4s3)nc12. The van der Waals surface area contributed by atoms with Crippen molar-refractivity contribution in [3.05, 3.63) is 54.6 Å². The fourth-order valence-corrected chi connectivity index (χ4v) is 4.65. The molecule has 0 atom stereocenters. The number of rotatable bonds is 8. The third-order valence-electron chi connectivity index (χ3n) is 4.89. The molecule has 0 bridgehead atoms. The quantitative estimate of drug-likeness (QED) is 0.302.